The number of carbonyl (C=O) groups excluding carboxylic acids is 2. The molecule has 9 heteroatoms. The average molecular weight is 706 g/mol. The molecular formula is C37H41BrN2O5S. The monoisotopic (exact) mass is 704 g/mol. The molecule has 1 spiro atoms. The number of piperidine rings is 1. The minimum absolute atomic E-state index is 0.0198. The number of thiophene rings is 1. The van der Waals surface area contributed by atoms with Gasteiger partial charge in [-0.3, -0.25) is 14.5 Å². The Morgan fingerprint density at radius 3 is 2.76 bits per heavy atom. The number of carbonyl (C=O) groups is 2. The first kappa shape index (κ1) is 31.5. The Hall–Kier alpha value is -3.14. The van der Waals surface area contributed by atoms with Crippen molar-refractivity contribution in [2.24, 2.45) is 11.8 Å². The van der Waals surface area contributed by atoms with Crippen LogP contribution in [-0.2, 0) is 27.8 Å². The number of aromatic hydroxyl groups is 1. The average Bonchev–Trinajstić information content (AvgIpc) is 3.60. The third-order valence-electron chi connectivity index (χ3n) is 10.5. The topological polar surface area (TPSA) is 79.3 Å². The van der Waals surface area contributed by atoms with E-state index in [9.17, 15) is 14.7 Å². The van der Waals surface area contributed by atoms with Crippen molar-refractivity contribution in [3.8, 4) is 17.2 Å². The molecule has 3 heterocycles. The van der Waals surface area contributed by atoms with E-state index in [0.29, 0.717) is 18.2 Å². The zero-order valence-corrected chi connectivity index (χ0v) is 29.0. The van der Waals surface area contributed by atoms with Crippen LogP contribution in [0.1, 0.15) is 61.6 Å². The van der Waals surface area contributed by atoms with E-state index in [4.69, 9.17) is 9.47 Å². The number of amides is 1. The zero-order valence-electron chi connectivity index (χ0n) is 26.6. The van der Waals surface area contributed by atoms with Crippen LogP contribution in [0.3, 0.4) is 0 Å². The summed E-state index contributed by atoms with van der Waals surface area (Å²) in [5.41, 5.74) is 2.86. The fourth-order valence-electron chi connectivity index (χ4n) is 8.84. The number of halogens is 1. The molecule has 2 fully saturated rings. The number of esters is 1. The fraction of sp³-hybridized carbons (Fsp3) is 0.459. The third kappa shape index (κ3) is 5.48. The van der Waals surface area contributed by atoms with E-state index in [2.05, 4.69) is 65.0 Å². The summed E-state index contributed by atoms with van der Waals surface area (Å²) in [5, 5.41) is 13.5. The molecular weight excluding hydrogens is 664 g/mol. The van der Waals surface area contributed by atoms with Crippen molar-refractivity contribution in [3.05, 3.63) is 80.0 Å². The lowest BCUT2D eigenvalue weighted by Crippen LogP contribution is -2.69. The summed E-state index contributed by atoms with van der Waals surface area (Å²) >= 11 is 5.10. The predicted octanol–water partition coefficient (Wildman–Crippen LogP) is 6.99. The van der Waals surface area contributed by atoms with Gasteiger partial charge in [-0.2, -0.15) is 0 Å². The predicted molar refractivity (Wildman–Crippen MR) is 183 cm³/mol. The van der Waals surface area contributed by atoms with E-state index >= 15 is 0 Å². The van der Waals surface area contributed by atoms with Crippen molar-refractivity contribution in [1.82, 2.24) is 9.80 Å². The summed E-state index contributed by atoms with van der Waals surface area (Å²) in [7, 11) is 0. The first-order chi connectivity index (χ1) is 22.2. The van der Waals surface area contributed by atoms with Crippen LogP contribution in [0.4, 0.5) is 0 Å². The van der Waals surface area contributed by atoms with Crippen LogP contribution in [0.25, 0.3) is 6.08 Å². The van der Waals surface area contributed by atoms with E-state index in [1.165, 1.54) is 12.5 Å². The molecule has 7 rings (SSSR count). The number of hydrogen-bond acceptors (Lipinski definition) is 7. The minimum Gasteiger partial charge on any atom is -0.508 e. The van der Waals surface area contributed by atoms with Gasteiger partial charge < -0.3 is 19.5 Å². The van der Waals surface area contributed by atoms with Crippen molar-refractivity contribution in [3.63, 3.8) is 0 Å². The molecule has 4 aliphatic rings. The molecule has 2 aliphatic carbocycles. The van der Waals surface area contributed by atoms with Crippen molar-refractivity contribution >= 4 is 45.2 Å². The maximum absolute atomic E-state index is 14.1. The second-order valence-electron chi connectivity index (χ2n) is 13.7. The molecule has 1 aromatic heterocycles. The van der Waals surface area contributed by atoms with Crippen LogP contribution in [0, 0.1) is 11.8 Å². The van der Waals surface area contributed by atoms with Gasteiger partial charge in [0.2, 0.25) is 5.91 Å². The molecule has 1 amide bonds. The maximum Gasteiger partial charge on any atom is 0.308 e. The molecule has 2 bridgehead atoms. The van der Waals surface area contributed by atoms with Gasteiger partial charge in [-0.1, -0.05) is 44.2 Å². The summed E-state index contributed by atoms with van der Waals surface area (Å²) in [5.74, 6) is 1.11. The molecule has 2 aliphatic heterocycles. The highest BCUT2D eigenvalue weighted by molar-refractivity contribution is 9.10. The Labute approximate surface area is 283 Å². The Bertz CT molecular complexity index is 1670. The van der Waals surface area contributed by atoms with E-state index in [1.54, 1.807) is 23.5 Å². The molecule has 5 atom stereocenters. The molecule has 1 N–H and O–H groups in total. The van der Waals surface area contributed by atoms with Gasteiger partial charge in [-0.15, -0.1) is 11.3 Å². The van der Waals surface area contributed by atoms with E-state index in [1.807, 2.05) is 22.4 Å². The number of nitrogens with zero attached hydrogens (tertiary/aromatic N) is 2. The fourth-order valence-corrected chi connectivity index (χ4v) is 10.2. The van der Waals surface area contributed by atoms with Crippen molar-refractivity contribution in [2.45, 2.75) is 76.5 Å². The lowest BCUT2D eigenvalue weighted by atomic mass is 9.50. The highest BCUT2D eigenvalue weighted by atomic mass is 79.9. The van der Waals surface area contributed by atoms with Crippen LogP contribution < -0.4 is 9.47 Å². The molecule has 0 unspecified atom stereocenters. The van der Waals surface area contributed by atoms with E-state index in [0.717, 1.165) is 65.7 Å². The molecule has 46 heavy (non-hydrogen) atoms. The Kier molecular flexibility index (Phi) is 8.53. The molecule has 0 radical (unpaired) electrons. The van der Waals surface area contributed by atoms with Gasteiger partial charge in [-0.25, -0.2) is 0 Å². The second-order valence-corrected chi connectivity index (χ2v) is 15.5. The number of ether oxygens (including phenoxy) is 2. The number of likely N-dealkylation sites (tertiary alicyclic amines) is 1. The van der Waals surface area contributed by atoms with Crippen molar-refractivity contribution in [1.29, 1.82) is 0 Å². The molecule has 1 saturated carbocycles. The smallest absolute Gasteiger partial charge is 0.308 e. The number of benzene rings is 2. The highest BCUT2D eigenvalue weighted by Crippen LogP contribution is 2.65. The van der Waals surface area contributed by atoms with Crippen LogP contribution in [-0.4, -0.2) is 64.6 Å². The standard InChI is InChI=1S/C37H41BrN2O5S/c1-22(2)20-40(33(43)12-9-26-17-25(38)21-46-26)29-11-10-28-30-18-27-31(42)19-32(44-23(3)41)35-34(27)37(28,36(29)45-35)14-16-39(30)15-13-24-7-5-4-6-8-24/h4-9,12,17,19,21-22,28-30,36,42H,10-11,13-16,18,20H2,1-3H3/b12-9+/t28-,29-,30+,36-,37-/m0/s1. The second kappa shape index (κ2) is 12.5. The summed E-state index contributed by atoms with van der Waals surface area (Å²) < 4.78 is 13.7. The Morgan fingerprint density at radius 2 is 2.04 bits per heavy atom. The molecule has 2 aromatic carbocycles. The Balaban J connectivity index is 1.27. The van der Waals surface area contributed by atoms with E-state index in [-0.39, 0.29) is 46.9 Å². The number of rotatable bonds is 9. The third-order valence-corrected chi connectivity index (χ3v) is 12.2. The van der Waals surface area contributed by atoms with Gasteiger partial charge in [0.1, 0.15) is 11.9 Å². The van der Waals surface area contributed by atoms with Crippen LogP contribution in [0.5, 0.6) is 17.2 Å². The summed E-state index contributed by atoms with van der Waals surface area (Å²) in [4.78, 5) is 31.9. The lowest BCUT2D eigenvalue weighted by molar-refractivity contribution is -0.138. The van der Waals surface area contributed by atoms with Gasteiger partial charge in [0.15, 0.2) is 11.5 Å². The molecule has 3 aromatic rings. The zero-order chi connectivity index (χ0) is 32.2. The lowest BCUT2D eigenvalue weighted by Gasteiger charge is -2.60. The normalized spacial score (nSPS) is 26.2. The highest BCUT2D eigenvalue weighted by Gasteiger charge is 2.67. The largest absolute Gasteiger partial charge is 0.508 e. The van der Waals surface area contributed by atoms with Crippen LogP contribution in [0.2, 0.25) is 0 Å². The molecule has 1 saturated heterocycles. The quantitative estimate of drug-likeness (QED) is 0.147. The van der Waals surface area contributed by atoms with Crippen molar-refractivity contribution in [2.75, 3.05) is 19.6 Å². The summed E-state index contributed by atoms with van der Waals surface area (Å²) in [6, 6.07) is 14.3. The van der Waals surface area contributed by atoms with Gasteiger partial charge in [0, 0.05) is 69.5 Å². The molecule has 7 nitrogen and oxygen atoms in total. The van der Waals surface area contributed by atoms with Gasteiger partial charge in [0.05, 0.1) is 6.04 Å². The summed E-state index contributed by atoms with van der Waals surface area (Å²) in [6.07, 6.45) is 7.63. The van der Waals surface area contributed by atoms with Gasteiger partial charge in [0.25, 0.3) is 0 Å². The number of hydrogen-bond donors (Lipinski definition) is 1. The van der Waals surface area contributed by atoms with Gasteiger partial charge >= 0.3 is 5.97 Å². The molecule has 242 valence electrons. The van der Waals surface area contributed by atoms with E-state index < -0.39 is 5.97 Å². The van der Waals surface area contributed by atoms with Crippen molar-refractivity contribution < 1.29 is 24.2 Å². The summed E-state index contributed by atoms with van der Waals surface area (Å²) in [6.45, 7) is 8.13. The number of phenolic OH excluding ortho intramolecular Hbond substituents is 1. The first-order valence-corrected chi connectivity index (χ1v) is 18.1. The van der Waals surface area contributed by atoms with Crippen LogP contribution in [0.15, 0.2) is 58.4 Å². The van der Waals surface area contributed by atoms with Crippen LogP contribution >= 0.6 is 27.3 Å². The Morgan fingerprint density at radius 1 is 1.24 bits per heavy atom. The number of phenols is 1. The first-order valence-electron chi connectivity index (χ1n) is 16.4. The van der Waals surface area contributed by atoms with Gasteiger partial charge in [-0.05, 0) is 84.1 Å². The minimum atomic E-state index is -0.453. The maximum atomic E-state index is 14.1. The SMILES string of the molecule is CC(=O)Oc1cc(O)c2c3c1O[C@H]1[C@@H](N(CC(C)C)C(=O)/C=C/c4cc(Br)cs4)CC[C@H]4[C@@H](C2)N(CCc2ccccc2)CC[C@@]341.